The van der Waals surface area contributed by atoms with Gasteiger partial charge in [-0.1, -0.05) is 6.07 Å². The Balaban J connectivity index is 2.16. The lowest BCUT2D eigenvalue weighted by Crippen LogP contribution is -2.02. The smallest absolute Gasteiger partial charge is 0.292 e. The van der Waals surface area contributed by atoms with E-state index in [1.807, 2.05) is 32.0 Å². The molecule has 0 aliphatic heterocycles. The number of nitrogens with one attached hydrogen (secondary N) is 1. The van der Waals surface area contributed by atoms with Gasteiger partial charge in [-0.15, -0.1) is 0 Å². The number of rotatable bonds is 4. The first-order valence-corrected chi connectivity index (χ1v) is 5.60. The Morgan fingerprint density at radius 3 is 2.67 bits per heavy atom. The van der Waals surface area contributed by atoms with Crippen molar-refractivity contribution in [2.75, 3.05) is 5.32 Å². The van der Waals surface area contributed by atoms with Crippen molar-refractivity contribution >= 4 is 11.4 Å². The summed E-state index contributed by atoms with van der Waals surface area (Å²) >= 11 is 0. The SMILES string of the molecule is Cc1ccc(NCc2ccc(C)o2)c([N+](=O)[O-])c1. The highest BCUT2D eigenvalue weighted by molar-refractivity contribution is 5.62. The fraction of sp³-hybridized carbons (Fsp3) is 0.231. The minimum absolute atomic E-state index is 0.0817. The standard InChI is InChI=1S/C13H14N2O3/c1-9-3-6-12(13(7-9)15(16)17)14-8-11-5-4-10(2)18-11/h3-7,14H,8H2,1-2H3. The van der Waals surface area contributed by atoms with Gasteiger partial charge in [-0.05, 0) is 37.6 Å². The van der Waals surface area contributed by atoms with Crippen molar-refractivity contribution in [2.24, 2.45) is 0 Å². The number of nitrogens with zero attached hydrogens (tertiary/aromatic N) is 1. The van der Waals surface area contributed by atoms with Gasteiger partial charge in [0.1, 0.15) is 17.2 Å². The maximum absolute atomic E-state index is 10.9. The summed E-state index contributed by atoms with van der Waals surface area (Å²) < 4.78 is 5.40. The van der Waals surface area contributed by atoms with Crippen LogP contribution in [0, 0.1) is 24.0 Å². The number of furan rings is 1. The highest BCUT2D eigenvalue weighted by atomic mass is 16.6. The van der Waals surface area contributed by atoms with Crippen molar-refractivity contribution in [3.8, 4) is 0 Å². The van der Waals surface area contributed by atoms with Gasteiger partial charge >= 0.3 is 0 Å². The lowest BCUT2D eigenvalue weighted by molar-refractivity contribution is -0.384. The van der Waals surface area contributed by atoms with E-state index in [2.05, 4.69) is 5.32 Å². The third kappa shape index (κ3) is 2.68. The highest BCUT2D eigenvalue weighted by Gasteiger charge is 2.13. The molecule has 1 heterocycles. The molecule has 5 nitrogen and oxygen atoms in total. The van der Waals surface area contributed by atoms with Crippen LogP contribution < -0.4 is 5.32 Å². The summed E-state index contributed by atoms with van der Waals surface area (Å²) in [4.78, 5) is 10.5. The monoisotopic (exact) mass is 246 g/mol. The van der Waals surface area contributed by atoms with Crippen LogP contribution in [0.5, 0.6) is 0 Å². The van der Waals surface area contributed by atoms with Crippen molar-refractivity contribution in [1.82, 2.24) is 0 Å². The molecular weight excluding hydrogens is 232 g/mol. The first-order valence-electron chi connectivity index (χ1n) is 5.60. The zero-order valence-corrected chi connectivity index (χ0v) is 10.3. The number of nitro groups is 1. The molecule has 2 aromatic rings. The van der Waals surface area contributed by atoms with Gasteiger partial charge in [0, 0.05) is 6.07 Å². The van der Waals surface area contributed by atoms with E-state index < -0.39 is 0 Å². The number of aryl methyl sites for hydroxylation is 2. The minimum atomic E-state index is -0.386. The Labute approximate surface area is 105 Å². The van der Waals surface area contributed by atoms with Gasteiger partial charge in [0.15, 0.2) is 0 Å². The van der Waals surface area contributed by atoms with Crippen molar-refractivity contribution in [3.63, 3.8) is 0 Å². The predicted octanol–water partition coefficient (Wildman–Crippen LogP) is 3.42. The third-order valence-electron chi connectivity index (χ3n) is 2.60. The molecule has 0 aliphatic carbocycles. The number of benzene rings is 1. The fourth-order valence-electron chi connectivity index (χ4n) is 1.70. The topological polar surface area (TPSA) is 68.3 Å². The maximum atomic E-state index is 10.9. The normalized spacial score (nSPS) is 10.3. The molecule has 1 N–H and O–H groups in total. The fourth-order valence-corrected chi connectivity index (χ4v) is 1.70. The first-order chi connectivity index (χ1) is 8.56. The molecule has 0 amide bonds. The zero-order valence-electron chi connectivity index (χ0n) is 10.3. The number of hydrogen-bond acceptors (Lipinski definition) is 4. The lowest BCUT2D eigenvalue weighted by atomic mass is 10.2. The number of anilines is 1. The van der Waals surface area contributed by atoms with Crippen LogP contribution in [0.4, 0.5) is 11.4 Å². The van der Waals surface area contributed by atoms with E-state index in [1.54, 1.807) is 12.1 Å². The second-order valence-corrected chi connectivity index (χ2v) is 4.14. The lowest BCUT2D eigenvalue weighted by Gasteiger charge is -2.06. The molecule has 0 aliphatic rings. The molecule has 18 heavy (non-hydrogen) atoms. The molecule has 0 saturated carbocycles. The Kier molecular flexibility index (Phi) is 3.32. The van der Waals surface area contributed by atoms with Gasteiger partial charge in [-0.3, -0.25) is 10.1 Å². The van der Waals surface area contributed by atoms with E-state index in [9.17, 15) is 10.1 Å². The molecule has 0 saturated heterocycles. The molecule has 5 heteroatoms. The highest BCUT2D eigenvalue weighted by Crippen LogP contribution is 2.25. The summed E-state index contributed by atoms with van der Waals surface area (Å²) in [6, 6.07) is 8.81. The predicted molar refractivity (Wildman–Crippen MR) is 68.6 cm³/mol. The van der Waals surface area contributed by atoms with Crippen LogP contribution in [0.1, 0.15) is 17.1 Å². The summed E-state index contributed by atoms with van der Waals surface area (Å²) in [7, 11) is 0. The molecule has 0 radical (unpaired) electrons. The second kappa shape index (κ2) is 4.91. The first kappa shape index (κ1) is 12.2. The van der Waals surface area contributed by atoms with E-state index >= 15 is 0 Å². The van der Waals surface area contributed by atoms with Crippen LogP contribution in [-0.4, -0.2) is 4.92 Å². The number of hydrogen-bond donors (Lipinski definition) is 1. The summed E-state index contributed by atoms with van der Waals surface area (Å²) in [6.07, 6.45) is 0. The zero-order chi connectivity index (χ0) is 13.1. The van der Waals surface area contributed by atoms with Gasteiger partial charge in [0.2, 0.25) is 0 Å². The Morgan fingerprint density at radius 2 is 2.06 bits per heavy atom. The molecule has 0 spiro atoms. The van der Waals surface area contributed by atoms with Gasteiger partial charge in [0.05, 0.1) is 11.5 Å². The van der Waals surface area contributed by atoms with Crippen molar-refractivity contribution in [3.05, 3.63) is 57.5 Å². The average Bonchev–Trinajstić information content (AvgIpc) is 2.73. The summed E-state index contributed by atoms with van der Waals surface area (Å²) in [5.41, 5.74) is 1.44. The van der Waals surface area contributed by atoms with Gasteiger partial charge in [-0.2, -0.15) is 0 Å². The van der Waals surface area contributed by atoms with E-state index in [-0.39, 0.29) is 10.6 Å². The minimum Gasteiger partial charge on any atom is -0.465 e. The van der Waals surface area contributed by atoms with Crippen LogP contribution in [-0.2, 0) is 6.54 Å². The summed E-state index contributed by atoms with van der Waals surface area (Å²) in [6.45, 7) is 4.11. The van der Waals surface area contributed by atoms with Crippen LogP contribution in [0.3, 0.4) is 0 Å². The van der Waals surface area contributed by atoms with Crippen LogP contribution >= 0.6 is 0 Å². The van der Waals surface area contributed by atoms with Gasteiger partial charge in [0.25, 0.3) is 5.69 Å². The molecule has 1 aromatic heterocycles. The second-order valence-electron chi connectivity index (χ2n) is 4.14. The molecule has 0 unspecified atom stereocenters. The van der Waals surface area contributed by atoms with Gasteiger partial charge < -0.3 is 9.73 Å². The Morgan fingerprint density at radius 1 is 1.28 bits per heavy atom. The van der Waals surface area contributed by atoms with E-state index in [0.717, 1.165) is 17.1 Å². The molecule has 94 valence electrons. The summed E-state index contributed by atoms with van der Waals surface area (Å²) in [5.74, 6) is 1.58. The molecule has 0 atom stereocenters. The number of nitro benzene ring substituents is 1. The third-order valence-corrected chi connectivity index (χ3v) is 2.60. The van der Waals surface area contributed by atoms with Crippen molar-refractivity contribution < 1.29 is 9.34 Å². The Hall–Kier alpha value is -2.30. The van der Waals surface area contributed by atoms with Crippen LogP contribution in [0.15, 0.2) is 34.7 Å². The van der Waals surface area contributed by atoms with E-state index in [0.29, 0.717) is 12.2 Å². The molecule has 0 bridgehead atoms. The van der Waals surface area contributed by atoms with Crippen molar-refractivity contribution in [2.45, 2.75) is 20.4 Å². The van der Waals surface area contributed by atoms with Gasteiger partial charge in [-0.25, -0.2) is 0 Å². The van der Waals surface area contributed by atoms with E-state index in [1.165, 1.54) is 0 Å². The molecule has 2 rings (SSSR count). The molecule has 1 aromatic carbocycles. The van der Waals surface area contributed by atoms with Crippen LogP contribution in [0.2, 0.25) is 0 Å². The molecular formula is C13H14N2O3. The average molecular weight is 246 g/mol. The largest absolute Gasteiger partial charge is 0.465 e. The Bertz CT molecular complexity index is 575. The van der Waals surface area contributed by atoms with E-state index in [4.69, 9.17) is 4.42 Å². The van der Waals surface area contributed by atoms with Crippen molar-refractivity contribution in [1.29, 1.82) is 0 Å². The van der Waals surface area contributed by atoms with Crippen LogP contribution in [0.25, 0.3) is 0 Å². The summed E-state index contributed by atoms with van der Waals surface area (Å²) in [5, 5.41) is 13.9. The molecule has 0 fully saturated rings. The maximum Gasteiger partial charge on any atom is 0.292 e. The quantitative estimate of drug-likeness (QED) is 0.663.